The van der Waals surface area contributed by atoms with Crippen molar-refractivity contribution in [2.24, 2.45) is 5.10 Å². The lowest BCUT2D eigenvalue weighted by Gasteiger charge is -2.11. The number of aromatic hydroxyl groups is 3. The topological polar surface area (TPSA) is 107 Å². The normalized spacial score (nSPS) is 11.0. The highest BCUT2D eigenvalue weighted by Gasteiger charge is 2.15. The summed E-state index contributed by atoms with van der Waals surface area (Å²) >= 11 is 6.22. The third kappa shape index (κ3) is 3.33. The lowest BCUT2D eigenvalue weighted by Crippen LogP contribution is -2.19. The molecule has 0 saturated heterocycles. The molecule has 0 bridgehead atoms. The second-order valence-corrected chi connectivity index (χ2v) is 5.70. The van der Waals surface area contributed by atoms with E-state index in [1.165, 1.54) is 12.1 Å². The zero-order chi connectivity index (χ0) is 18.7. The van der Waals surface area contributed by atoms with Crippen LogP contribution in [-0.4, -0.2) is 32.0 Å². The molecule has 8 heteroatoms. The number of nitrogens with one attached hydrogen (secondary N) is 1. The number of halogens is 1. The van der Waals surface area contributed by atoms with E-state index in [9.17, 15) is 20.1 Å². The van der Waals surface area contributed by atoms with Crippen LogP contribution in [0.15, 0.2) is 60.0 Å². The summed E-state index contributed by atoms with van der Waals surface area (Å²) in [5, 5.41) is 32.7. The minimum Gasteiger partial charge on any atom is -0.504 e. The molecule has 0 aliphatic heterocycles. The van der Waals surface area contributed by atoms with Crippen molar-refractivity contribution in [2.75, 3.05) is 0 Å². The molecule has 3 aromatic rings. The Kier molecular flexibility index (Phi) is 4.81. The minimum atomic E-state index is -0.662. The molecule has 4 N–H and O–H groups in total. The van der Waals surface area contributed by atoms with Gasteiger partial charge in [-0.2, -0.15) is 5.10 Å². The molecular weight excluding hydrogens is 358 g/mol. The van der Waals surface area contributed by atoms with E-state index in [1.54, 1.807) is 35.2 Å². The Hall–Kier alpha value is -3.45. The molecule has 0 saturated carbocycles. The Labute approximate surface area is 153 Å². The molecule has 1 aromatic heterocycles. The number of rotatable bonds is 4. The number of carbonyl (C=O) groups excluding carboxylic acids is 1. The quantitative estimate of drug-likeness (QED) is 0.321. The van der Waals surface area contributed by atoms with Crippen molar-refractivity contribution in [3.8, 4) is 22.9 Å². The number of para-hydroxylation sites is 1. The lowest BCUT2D eigenvalue weighted by atomic mass is 10.1. The largest absolute Gasteiger partial charge is 0.504 e. The maximum absolute atomic E-state index is 12.5. The molecule has 0 spiro atoms. The lowest BCUT2D eigenvalue weighted by molar-refractivity contribution is 0.0955. The van der Waals surface area contributed by atoms with Crippen molar-refractivity contribution < 1.29 is 20.1 Å². The van der Waals surface area contributed by atoms with Crippen LogP contribution in [0.25, 0.3) is 5.69 Å². The van der Waals surface area contributed by atoms with Crippen LogP contribution < -0.4 is 5.43 Å². The molecular formula is C18H14ClN3O4. The number of phenols is 3. The average molecular weight is 372 g/mol. The van der Waals surface area contributed by atoms with Crippen LogP contribution in [0.5, 0.6) is 17.2 Å². The van der Waals surface area contributed by atoms with Crippen molar-refractivity contribution in [3.05, 3.63) is 71.0 Å². The monoisotopic (exact) mass is 371 g/mol. The summed E-state index contributed by atoms with van der Waals surface area (Å²) in [6.07, 6.45) is 4.67. The van der Waals surface area contributed by atoms with Crippen molar-refractivity contribution in [3.63, 3.8) is 0 Å². The molecule has 1 amide bonds. The molecule has 0 atom stereocenters. The Morgan fingerprint density at radius 2 is 1.77 bits per heavy atom. The van der Waals surface area contributed by atoms with Gasteiger partial charge in [-0.15, -0.1) is 0 Å². The molecule has 0 aliphatic carbocycles. The van der Waals surface area contributed by atoms with Gasteiger partial charge in [0.25, 0.3) is 5.91 Å². The van der Waals surface area contributed by atoms with Gasteiger partial charge < -0.3 is 19.9 Å². The number of aromatic nitrogens is 1. The maximum Gasteiger partial charge on any atom is 0.273 e. The summed E-state index contributed by atoms with van der Waals surface area (Å²) in [4.78, 5) is 12.5. The fourth-order valence-corrected chi connectivity index (χ4v) is 2.63. The summed E-state index contributed by atoms with van der Waals surface area (Å²) in [6, 6.07) is 11.1. The Bertz CT molecular complexity index is 984. The second-order valence-electron chi connectivity index (χ2n) is 5.30. The van der Waals surface area contributed by atoms with E-state index in [0.717, 1.165) is 6.21 Å². The summed E-state index contributed by atoms with van der Waals surface area (Å²) in [5.74, 6) is -2.17. The van der Waals surface area contributed by atoms with Gasteiger partial charge in [0.1, 0.15) is 0 Å². The zero-order valence-electron chi connectivity index (χ0n) is 13.3. The van der Waals surface area contributed by atoms with Gasteiger partial charge in [-0.3, -0.25) is 4.79 Å². The predicted octanol–water partition coefficient (Wildman–Crippen LogP) is 3.01. The van der Waals surface area contributed by atoms with Gasteiger partial charge in [-0.1, -0.05) is 17.7 Å². The molecule has 26 heavy (non-hydrogen) atoms. The Morgan fingerprint density at radius 3 is 2.50 bits per heavy atom. The third-order valence-electron chi connectivity index (χ3n) is 3.62. The summed E-state index contributed by atoms with van der Waals surface area (Å²) in [6.45, 7) is 0. The van der Waals surface area contributed by atoms with Crippen molar-refractivity contribution in [2.45, 2.75) is 0 Å². The van der Waals surface area contributed by atoms with Crippen LogP contribution >= 0.6 is 11.6 Å². The minimum absolute atomic E-state index is 0.123. The van der Waals surface area contributed by atoms with E-state index in [2.05, 4.69) is 10.5 Å². The van der Waals surface area contributed by atoms with Crippen molar-refractivity contribution in [1.29, 1.82) is 0 Å². The average Bonchev–Trinajstić information content (AvgIpc) is 3.15. The number of hydrogen-bond donors (Lipinski definition) is 4. The summed E-state index contributed by atoms with van der Waals surface area (Å²) in [5.41, 5.74) is 3.28. The molecule has 2 aromatic carbocycles. The number of amides is 1. The van der Waals surface area contributed by atoms with Crippen LogP contribution in [0.1, 0.15) is 15.9 Å². The summed E-state index contributed by atoms with van der Waals surface area (Å²) < 4.78 is 1.71. The van der Waals surface area contributed by atoms with Gasteiger partial charge in [0.15, 0.2) is 11.5 Å². The van der Waals surface area contributed by atoms with E-state index < -0.39 is 23.2 Å². The van der Waals surface area contributed by atoms with Crippen LogP contribution in [-0.2, 0) is 0 Å². The van der Waals surface area contributed by atoms with E-state index in [4.69, 9.17) is 11.6 Å². The number of hydrogen-bond acceptors (Lipinski definition) is 5. The first-order valence-electron chi connectivity index (χ1n) is 7.48. The fraction of sp³-hybridized carbons (Fsp3) is 0. The molecule has 132 valence electrons. The number of carbonyl (C=O) groups is 1. The molecule has 0 fully saturated rings. The standard InChI is InChI=1S/C18H14ClN3O4/c19-13-5-3-4-12(15(13)22-8-1-2-9-22)18(26)21-20-10-11-6-7-14(23)17(25)16(11)24/h1-10,23-25H,(H,21,26)/b20-10-. The van der Waals surface area contributed by atoms with Crippen LogP contribution in [0, 0.1) is 0 Å². The van der Waals surface area contributed by atoms with Crippen molar-refractivity contribution >= 4 is 23.7 Å². The number of hydrazone groups is 1. The smallest absolute Gasteiger partial charge is 0.273 e. The van der Waals surface area contributed by atoms with E-state index in [1.807, 2.05) is 12.1 Å². The Balaban J connectivity index is 1.84. The second kappa shape index (κ2) is 7.20. The van der Waals surface area contributed by atoms with Gasteiger partial charge in [0.05, 0.1) is 22.5 Å². The SMILES string of the molecule is O=C(N/N=C\c1ccc(O)c(O)c1O)c1cccc(Cl)c1-n1cccc1. The van der Waals surface area contributed by atoms with E-state index in [0.29, 0.717) is 16.3 Å². The van der Waals surface area contributed by atoms with Gasteiger partial charge in [0.2, 0.25) is 5.75 Å². The fourth-order valence-electron chi connectivity index (χ4n) is 2.35. The van der Waals surface area contributed by atoms with Gasteiger partial charge in [0, 0.05) is 18.0 Å². The van der Waals surface area contributed by atoms with Gasteiger partial charge in [-0.05, 0) is 36.4 Å². The summed E-state index contributed by atoms with van der Waals surface area (Å²) in [7, 11) is 0. The van der Waals surface area contributed by atoms with Crippen LogP contribution in [0.4, 0.5) is 0 Å². The van der Waals surface area contributed by atoms with E-state index >= 15 is 0 Å². The van der Waals surface area contributed by atoms with Crippen LogP contribution in [0.3, 0.4) is 0 Å². The zero-order valence-corrected chi connectivity index (χ0v) is 14.1. The number of nitrogens with zero attached hydrogens (tertiary/aromatic N) is 2. The predicted molar refractivity (Wildman–Crippen MR) is 97.3 cm³/mol. The first kappa shape index (κ1) is 17.4. The molecule has 1 heterocycles. The first-order chi connectivity index (χ1) is 12.5. The first-order valence-corrected chi connectivity index (χ1v) is 7.86. The highest BCUT2D eigenvalue weighted by Crippen LogP contribution is 2.36. The molecule has 0 radical (unpaired) electrons. The maximum atomic E-state index is 12.5. The molecule has 7 nitrogen and oxygen atoms in total. The van der Waals surface area contributed by atoms with Crippen molar-refractivity contribution in [1.82, 2.24) is 9.99 Å². The third-order valence-corrected chi connectivity index (χ3v) is 3.93. The number of benzene rings is 2. The van der Waals surface area contributed by atoms with Crippen LogP contribution in [0.2, 0.25) is 5.02 Å². The molecule has 0 unspecified atom stereocenters. The van der Waals surface area contributed by atoms with Gasteiger partial charge >= 0.3 is 0 Å². The molecule has 0 aliphatic rings. The van der Waals surface area contributed by atoms with E-state index in [-0.39, 0.29) is 5.56 Å². The Morgan fingerprint density at radius 1 is 1.04 bits per heavy atom. The number of phenolic OH excluding ortho intramolecular Hbond substituents is 3. The highest BCUT2D eigenvalue weighted by molar-refractivity contribution is 6.33. The van der Waals surface area contributed by atoms with Gasteiger partial charge in [-0.25, -0.2) is 5.43 Å². The highest BCUT2D eigenvalue weighted by atomic mass is 35.5. The molecule has 3 rings (SSSR count).